The predicted octanol–water partition coefficient (Wildman–Crippen LogP) is 2.27. The number of hydrogen-bond acceptors (Lipinski definition) is 3. The van der Waals surface area contributed by atoms with Crippen LogP contribution < -0.4 is 5.84 Å². The average Bonchev–Trinajstić information content (AvgIpc) is 2.40. The van der Waals surface area contributed by atoms with E-state index in [2.05, 4.69) is 5.10 Å². The molecule has 4 nitrogen and oxygen atoms in total. The van der Waals surface area contributed by atoms with Gasteiger partial charge in [0.2, 0.25) is 0 Å². The fraction of sp³-hybridized carbons (Fsp3) is 0.0667. The normalized spacial score (nSPS) is 10.7. The first-order valence-corrected chi connectivity index (χ1v) is 5.83. The van der Waals surface area contributed by atoms with Crippen LogP contribution in [0.1, 0.15) is 11.1 Å². The van der Waals surface area contributed by atoms with Crippen molar-refractivity contribution in [1.29, 1.82) is 0 Å². The van der Waals surface area contributed by atoms with Crippen LogP contribution in [0.2, 0.25) is 0 Å². The Kier molecular flexibility index (Phi) is 3.93. The van der Waals surface area contributed by atoms with Crippen LogP contribution in [0.15, 0.2) is 53.6 Å². The molecular weight excluding hydrogens is 240 g/mol. The summed E-state index contributed by atoms with van der Waals surface area (Å²) in [5.41, 5.74) is 3.85. The second-order valence-electron chi connectivity index (χ2n) is 4.17. The van der Waals surface area contributed by atoms with E-state index < -0.39 is 5.97 Å². The second-order valence-corrected chi connectivity index (χ2v) is 4.17. The Morgan fingerprint density at radius 2 is 1.58 bits per heavy atom. The second kappa shape index (κ2) is 5.82. The fourth-order valence-corrected chi connectivity index (χ4v) is 1.84. The first kappa shape index (κ1) is 12.8. The average molecular weight is 254 g/mol. The van der Waals surface area contributed by atoms with Gasteiger partial charge in [0.15, 0.2) is 0 Å². The highest BCUT2D eigenvalue weighted by Gasteiger charge is 2.01. The van der Waals surface area contributed by atoms with Crippen molar-refractivity contribution in [2.24, 2.45) is 10.9 Å². The SMILES string of the molecule is NN=Cc1ccc(-c2ccc(CC(=O)O)cc2)cc1. The number of carboxylic acids is 1. The molecule has 2 aromatic rings. The molecule has 0 heterocycles. The van der Waals surface area contributed by atoms with E-state index in [1.807, 2.05) is 48.5 Å². The van der Waals surface area contributed by atoms with Crippen LogP contribution in [0.4, 0.5) is 0 Å². The van der Waals surface area contributed by atoms with E-state index >= 15 is 0 Å². The zero-order valence-electron chi connectivity index (χ0n) is 10.3. The summed E-state index contributed by atoms with van der Waals surface area (Å²) < 4.78 is 0. The Labute approximate surface area is 111 Å². The largest absolute Gasteiger partial charge is 0.481 e. The van der Waals surface area contributed by atoms with Gasteiger partial charge in [-0.1, -0.05) is 48.5 Å². The Hall–Kier alpha value is -2.62. The highest BCUT2D eigenvalue weighted by Crippen LogP contribution is 2.20. The van der Waals surface area contributed by atoms with Crippen LogP contribution in [0, 0.1) is 0 Å². The molecule has 96 valence electrons. The molecule has 0 saturated heterocycles. The predicted molar refractivity (Wildman–Crippen MR) is 75.0 cm³/mol. The molecular formula is C15H14N2O2. The summed E-state index contributed by atoms with van der Waals surface area (Å²) in [5, 5.41) is 12.2. The summed E-state index contributed by atoms with van der Waals surface area (Å²) in [5.74, 6) is 4.27. The van der Waals surface area contributed by atoms with Crippen molar-refractivity contribution in [1.82, 2.24) is 0 Å². The van der Waals surface area contributed by atoms with Crippen molar-refractivity contribution in [2.45, 2.75) is 6.42 Å². The van der Waals surface area contributed by atoms with E-state index in [1.54, 1.807) is 6.21 Å². The highest BCUT2D eigenvalue weighted by atomic mass is 16.4. The minimum Gasteiger partial charge on any atom is -0.481 e. The summed E-state index contributed by atoms with van der Waals surface area (Å²) >= 11 is 0. The molecule has 0 amide bonds. The lowest BCUT2D eigenvalue weighted by Crippen LogP contribution is -1.99. The molecule has 0 fully saturated rings. The maximum Gasteiger partial charge on any atom is 0.307 e. The molecule has 2 rings (SSSR count). The van der Waals surface area contributed by atoms with Crippen molar-refractivity contribution in [3.8, 4) is 11.1 Å². The fourth-order valence-electron chi connectivity index (χ4n) is 1.84. The molecule has 0 radical (unpaired) electrons. The lowest BCUT2D eigenvalue weighted by atomic mass is 10.0. The minimum atomic E-state index is -0.821. The zero-order valence-corrected chi connectivity index (χ0v) is 10.3. The van der Waals surface area contributed by atoms with Crippen molar-refractivity contribution in [2.75, 3.05) is 0 Å². The third-order valence-electron chi connectivity index (χ3n) is 2.78. The van der Waals surface area contributed by atoms with Crippen LogP contribution in [0.3, 0.4) is 0 Å². The van der Waals surface area contributed by atoms with Crippen LogP contribution in [-0.4, -0.2) is 17.3 Å². The Morgan fingerprint density at radius 1 is 1.05 bits per heavy atom. The van der Waals surface area contributed by atoms with Gasteiger partial charge >= 0.3 is 5.97 Å². The number of hydrogen-bond donors (Lipinski definition) is 2. The summed E-state index contributed by atoms with van der Waals surface area (Å²) in [4.78, 5) is 10.6. The molecule has 19 heavy (non-hydrogen) atoms. The molecule has 4 heteroatoms. The lowest BCUT2D eigenvalue weighted by molar-refractivity contribution is -0.136. The van der Waals surface area contributed by atoms with E-state index in [-0.39, 0.29) is 6.42 Å². The van der Waals surface area contributed by atoms with Gasteiger partial charge in [0.05, 0.1) is 12.6 Å². The molecule has 0 bridgehead atoms. The van der Waals surface area contributed by atoms with Crippen molar-refractivity contribution in [3.05, 3.63) is 59.7 Å². The van der Waals surface area contributed by atoms with Crippen LogP contribution in [0.25, 0.3) is 11.1 Å². The molecule has 3 N–H and O–H groups in total. The van der Waals surface area contributed by atoms with Gasteiger partial charge in [-0.15, -0.1) is 0 Å². The summed E-state index contributed by atoms with van der Waals surface area (Å²) in [6.45, 7) is 0. The quantitative estimate of drug-likeness (QED) is 0.499. The number of aliphatic carboxylic acids is 1. The molecule has 0 aromatic heterocycles. The summed E-state index contributed by atoms with van der Waals surface area (Å²) in [6.07, 6.45) is 1.63. The molecule has 0 aliphatic carbocycles. The van der Waals surface area contributed by atoms with Gasteiger partial charge in [-0.3, -0.25) is 4.79 Å². The summed E-state index contributed by atoms with van der Waals surface area (Å²) in [6, 6.07) is 15.3. The van der Waals surface area contributed by atoms with Gasteiger partial charge in [0, 0.05) is 0 Å². The van der Waals surface area contributed by atoms with Crippen molar-refractivity contribution >= 4 is 12.2 Å². The van der Waals surface area contributed by atoms with Crippen LogP contribution in [-0.2, 0) is 11.2 Å². The number of hydrazone groups is 1. The smallest absolute Gasteiger partial charge is 0.307 e. The lowest BCUT2D eigenvalue weighted by Gasteiger charge is -2.03. The number of rotatable bonds is 4. The number of carbonyl (C=O) groups is 1. The number of benzene rings is 2. The maximum atomic E-state index is 10.6. The monoisotopic (exact) mass is 254 g/mol. The van der Waals surface area contributed by atoms with Crippen LogP contribution >= 0.6 is 0 Å². The van der Waals surface area contributed by atoms with Crippen molar-refractivity contribution < 1.29 is 9.90 Å². The molecule has 0 unspecified atom stereocenters. The molecule has 0 atom stereocenters. The standard InChI is InChI=1S/C15H14N2O2/c16-17-10-12-3-7-14(8-4-12)13-5-1-11(2-6-13)9-15(18)19/h1-8,10H,9,16H2,(H,18,19). The minimum absolute atomic E-state index is 0.0478. The van der Waals surface area contributed by atoms with E-state index in [4.69, 9.17) is 10.9 Å². The molecule has 0 aliphatic rings. The van der Waals surface area contributed by atoms with E-state index in [9.17, 15) is 4.79 Å². The van der Waals surface area contributed by atoms with Gasteiger partial charge < -0.3 is 10.9 Å². The molecule has 0 aliphatic heterocycles. The molecule has 0 spiro atoms. The van der Waals surface area contributed by atoms with Crippen LogP contribution in [0.5, 0.6) is 0 Å². The Bertz CT molecular complexity index is 587. The topological polar surface area (TPSA) is 75.7 Å². The first-order chi connectivity index (χ1) is 9.19. The third kappa shape index (κ3) is 3.42. The first-order valence-electron chi connectivity index (χ1n) is 5.83. The number of nitrogens with two attached hydrogens (primary N) is 1. The third-order valence-corrected chi connectivity index (χ3v) is 2.78. The summed E-state index contributed by atoms with van der Waals surface area (Å²) in [7, 11) is 0. The van der Waals surface area contributed by atoms with E-state index in [0.29, 0.717) is 0 Å². The van der Waals surface area contributed by atoms with Gasteiger partial charge in [-0.05, 0) is 22.3 Å². The van der Waals surface area contributed by atoms with Gasteiger partial charge in [-0.2, -0.15) is 5.10 Å². The maximum absolute atomic E-state index is 10.6. The van der Waals surface area contributed by atoms with Crippen molar-refractivity contribution in [3.63, 3.8) is 0 Å². The zero-order chi connectivity index (χ0) is 13.7. The Morgan fingerprint density at radius 3 is 2.05 bits per heavy atom. The highest BCUT2D eigenvalue weighted by molar-refractivity contribution is 5.80. The molecule has 0 saturated carbocycles. The van der Waals surface area contributed by atoms with Gasteiger partial charge in [-0.25, -0.2) is 0 Å². The van der Waals surface area contributed by atoms with Gasteiger partial charge in [0.1, 0.15) is 0 Å². The number of nitrogens with zero attached hydrogens (tertiary/aromatic N) is 1. The van der Waals surface area contributed by atoms with E-state index in [1.165, 1.54) is 0 Å². The van der Waals surface area contributed by atoms with Gasteiger partial charge in [0.25, 0.3) is 0 Å². The molecule has 2 aromatic carbocycles. The Balaban J connectivity index is 2.19. The number of carboxylic acid groups (broad SMARTS) is 1. The van der Waals surface area contributed by atoms with E-state index in [0.717, 1.165) is 22.3 Å².